The van der Waals surface area contributed by atoms with E-state index in [1.807, 2.05) is 48.6 Å². The summed E-state index contributed by atoms with van der Waals surface area (Å²) >= 11 is 0. The van der Waals surface area contributed by atoms with Crippen molar-refractivity contribution in [2.75, 3.05) is 7.11 Å². The van der Waals surface area contributed by atoms with Crippen LogP contribution in [0.3, 0.4) is 0 Å². The lowest BCUT2D eigenvalue weighted by molar-refractivity contribution is -0.115. The van der Waals surface area contributed by atoms with Crippen molar-refractivity contribution in [3.8, 4) is 0 Å². The Balaban J connectivity index is 2.09. The number of hydrogen-bond donors (Lipinski definition) is 1. The standard InChI is InChI=1S/C14H13NO2/c1-17-13-10-14(16)15-12(13)9-5-8-11-6-3-2-4-7-11/h2-10H,1H3,(H,15,16)/b8-5+,12-9+. The number of carbonyl (C=O) groups is 1. The van der Waals surface area contributed by atoms with Gasteiger partial charge in [-0.1, -0.05) is 42.5 Å². The highest BCUT2D eigenvalue weighted by Crippen LogP contribution is 2.14. The molecule has 0 saturated carbocycles. The lowest BCUT2D eigenvalue weighted by atomic mass is 10.2. The molecular formula is C14H13NO2. The Morgan fingerprint density at radius 1 is 1.24 bits per heavy atom. The van der Waals surface area contributed by atoms with E-state index < -0.39 is 0 Å². The number of benzene rings is 1. The second kappa shape index (κ2) is 5.16. The van der Waals surface area contributed by atoms with Crippen LogP contribution in [0, 0.1) is 0 Å². The molecule has 1 aliphatic rings. The fraction of sp³-hybridized carbons (Fsp3) is 0.0714. The maximum absolute atomic E-state index is 11.1. The Kier molecular flexibility index (Phi) is 3.40. The van der Waals surface area contributed by atoms with E-state index in [9.17, 15) is 4.79 Å². The van der Waals surface area contributed by atoms with E-state index in [1.54, 1.807) is 7.11 Å². The van der Waals surface area contributed by atoms with Gasteiger partial charge in [-0.25, -0.2) is 0 Å². The lowest BCUT2D eigenvalue weighted by Crippen LogP contribution is -2.13. The number of amides is 1. The number of nitrogens with one attached hydrogen (secondary N) is 1. The molecule has 86 valence electrons. The van der Waals surface area contributed by atoms with E-state index in [1.165, 1.54) is 6.08 Å². The molecule has 3 nitrogen and oxygen atoms in total. The van der Waals surface area contributed by atoms with Gasteiger partial charge in [-0.3, -0.25) is 4.79 Å². The Bertz CT molecular complexity index is 498. The molecule has 0 saturated heterocycles. The van der Waals surface area contributed by atoms with Crippen molar-refractivity contribution in [2.24, 2.45) is 0 Å². The summed E-state index contributed by atoms with van der Waals surface area (Å²) in [6.07, 6.45) is 7.09. The molecule has 3 heteroatoms. The van der Waals surface area contributed by atoms with Crippen molar-refractivity contribution in [1.82, 2.24) is 5.32 Å². The van der Waals surface area contributed by atoms with Crippen molar-refractivity contribution in [2.45, 2.75) is 0 Å². The normalized spacial score (nSPS) is 17.4. The summed E-state index contributed by atoms with van der Waals surface area (Å²) in [6, 6.07) is 9.94. The van der Waals surface area contributed by atoms with Crippen LogP contribution < -0.4 is 5.32 Å². The zero-order valence-electron chi connectivity index (χ0n) is 9.51. The van der Waals surface area contributed by atoms with Crippen molar-refractivity contribution in [3.63, 3.8) is 0 Å². The third-order valence-corrected chi connectivity index (χ3v) is 2.36. The summed E-state index contributed by atoms with van der Waals surface area (Å²) in [5, 5.41) is 2.69. The van der Waals surface area contributed by atoms with Gasteiger partial charge in [0.15, 0.2) is 0 Å². The van der Waals surface area contributed by atoms with Crippen LogP contribution in [0.5, 0.6) is 0 Å². The summed E-state index contributed by atoms with van der Waals surface area (Å²) in [4.78, 5) is 11.1. The van der Waals surface area contributed by atoms with E-state index in [2.05, 4.69) is 5.32 Å². The predicted molar refractivity (Wildman–Crippen MR) is 66.8 cm³/mol. The van der Waals surface area contributed by atoms with Gasteiger partial charge < -0.3 is 10.1 Å². The third kappa shape index (κ3) is 2.84. The van der Waals surface area contributed by atoms with Crippen molar-refractivity contribution >= 4 is 12.0 Å². The maximum atomic E-state index is 11.1. The van der Waals surface area contributed by atoms with Gasteiger partial charge in [0.2, 0.25) is 0 Å². The second-order valence-corrected chi connectivity index (χ2v) is 3.55. The first-order valence-corrected chi connectivity index (χ1v) is 5.30. The van der Waals surface area contributed by atoms with E-state index >= 15 is 0 Å². The van der Waals surface area contributed by atoms with Crippen LogP contribution in [0.2, 0.25) is 0 Å². The second-order valence-electron chi connectivity index (χ2n) is 3.55. The van der Waals surface area contributed by atoms with Crippen LogP contribution >= 0.6 is 0 Å². The molecule has 2 rings (SSSR count). The number of carbonyl (C=O) groups excluding carboxylic acids is 1. The number of methoxy groups -OCH3 is 1. The van der Waals surface area contributed by atoms with Gasteiger partial charge in [-0.05, 0) is 11.6 Å². The summed E-state index contributed by atoms with van der Waals surface area (Å²) in [6.45, 7) is 0. The van der Waals surface area contributed by atoms with Crippen molar-refractivity contribution < 1.29 is 9.53 Å². The Labute approximate surface area is 100 Å². The topological polar surface area (TPSA) is 38.3 Å². The lowest BCUT2D eigenvalue weighted by Gasteiger charge is -2.01. The summed E-state index contributed by atoms with van der Waals surface area (Å²) in [7, 11) is 1.54. The van der Waals surface area contributed by atoms with Gasteiger partial charge in [0.05, 0.1) is 12.8 Å². The highest BCUT2D eigenvalue weighted by atomic mass is 16.5. The molecule has 0 fully saturated rings. The fourth-order valence-corrected chi connectivity index (χ4v) is 1.54. The molecule has 0 unspecified atom stereocenters. The van der Waals surface area contributed by atoms with E-state index in [0.717, 1.165) is 5.56 Å². The number of ether oxygens (including phenoxy) is 1. The van der Waals surface area contributed by atoms with Crippen LogP contribution in [0.15, 0.2) is 60.0 Å². The average Bonchev–Trinajstić information content (AvgIpc) is 2.71. The van der Waals surface area contributed by atoms with E-state index in [-0.39, 0.29) is 5.91 Å². The minimum atomic E-state index is -0.152. The number of rotatable bonds is 3. The van der Waals surface area contributed by atoms with Crippen molar-refractivity contribution in [1.29, 1.82) is 0 Å². The minimum Gasteiger partial charge on any atom is -0.494 e. The predicted octanol–water partition coefficient (Wildman–Crippen LogP) is 2.24. The molecule has 0 radical (unpaired) electrons. The number of allylic oxidation sites excluding steroid dienone is 2. The summed E-state index contributed by atoms with van der Waals surface area (Å²) < 4.78 is 5.07. The quantitative estimate of drug-likeness (QED) is 0.860. The zero-order valence-corrected chi connectivity index (χ0v) is 9.51. The summed E-state index contributed by atoms with van der Waals surface area (Å²) in [5.41, 5.74) is 1.79. The van der Waals surface area contributed by atoms with Crippen LogP contribution in [0.25, 0.3) is 6.08 Å². The maximum Gasteiger partial charge on any atom is 0.252 e. The Hall–Kier alpha value is -2.29. The zero-order chi connectivity index (χ0) is 12.1. The summed E-state index contributed by atoms with van der Waals surface area (Å²) in [5.74, 6) is 0.411. The van der Waals surface area contributed by atoms with Crippen molar-refractivity contribution in [3.05, 3.63) is 65.6 Å². The molecular weight excluding hydrogens is 214 g/mol. The molecule has 0 atom stereocenters. The average molecular weight is 227 g/mol. The third-order valence-electron chi connectivity index (χ3n) is 2.36. The van der Waals surface area contributed by atoms with Crippen LogP contribution in [0.1, 0.15) is 5.56 Å². The SMILES string of the molecule is COC1=CC(=O)N/C1=C/C=C/c1ccccc1. The van der Waals surface area contributed by atoms with E-state index in [4.69, 9.17) is 4.74 Å². The van der Waals surface area contributed by atoms with Gasteiger partial charge in [-0.2, -0.15) is 0 Å². The first kappa shape index (κ1) is 11.2. The van der Waals surface area contributed by atoms with Crippen LogP contribution in [-0.4, -0.2) is 13.0 Å². The first-order chi connectivity index (χ1) is 8.29. The molecule has 0 spiro atoms. The van der Waals surface area contributed by atoms with Gasteiger partial charge in [0.25, 0.3) is 5.91 Å². The molecule has 0 aliphatic carbocycles. The number of hydrogen-bond acceptors (Lipinski definition) is 2. The van der Waals surface area contributed by atoms with Gasteiger partial charge >= 0.3 is 0 Å². The van der Waals surface area contributed by atoms with Gasteiger partial charge in [0.1, 0.15) is 5.76 Å². The van der Waals surface area contributed by atoms with Crippen LogP contribution in [0.4, 0.5) is 0 Å². The minimum absolute atomic E-state index is 0.152. The highest BCUT2D eigenvalue weighted by Gasteiger charge is 2.16. The molecule has 17 heavy (non-hydrogen) atoms. The molecule has 1 aromatic rings. The van der Waals surface area contributed by atoms with E-state index in [0.29, 0.717) is 11.5 Å². The van der Waals surface area contributed by atoms with Gasteiger partial charge in [-0.15, -0.1) is 0 Å². The molecule has 0 aromatic heterocycles. The smallest absolute Gasteiger partial charge is 0.252 e. The Morgan fingerprint density at radius 2 is 2.00 bits per heavy atom. The molecule has 1 N–H and O–H groups in total. The largest absolute Gasteiger partial charge is 0.494 e. The molecule has 1 heterocycles. The fourth-order valence-electron chi connectivity index (χ4n) is 1.54. The first-order valence-electron chi connectivity index (χ1n) is 5.30. The molecule has 1 amide bonds. The Morgan fingerprint density at radius 3 is 2.71 bits per heavy atom. The van der Waals surface area contributed by atoms with Crippen LogP contribution in [-0.2, 0) is 9.53 Å². The molecule has 1 aromatic carbocycles. The molecule has 1 aliphatic heterocycles. The molecule has 0 bridgehead atoms. The van der Waals surface area contributed by atoms with Gasteiger partial charge in [0, 0.05) is 6.08 Å². The highest BCUT2D eigenvalue weighted by molar-refractivity contribution is 5.94. The monoisotopic (exact) mass is 227 g/mol.